The van der Waals surface area contributed by atoms with Crippen molar-refractivity contribution in [2.75, 3.05) is 5.32 Å². The van der Waals surface area contributed by atoms with Crippen LogP contribution >= 0.6 is 23.2 Å². The molecule has 1 heterocycles. The molecule has 2 N–H and O–H groups in total. The van der Waals surface area contributed by atoms with Crippen LogP contribution in [-0.4, -0.2) is 11.1 Å². The van der Waals surface area contributed by atoms with Crippen molar-refractivity contribution in [2.24, 2.45) is 0 Å². The number of furan rings is 1. The first-order valence-electron chi connectivity index (χ1n) is 7.56. The smallest absolute Gasteiger partial charge is 0.337 e. The summed E-state index contributed by atoms with van der Waals surface area (Å²) < 4.78 is 5.82. The van der Waals surface area contributed by atoms with E-state index in [1.807, 2.05) is 37.3 Å². The van der Waals surface area contributed by atoms with E-state index in [0.717, 1.165) is 22.6 Å². The Hall–Kier alpha value is -2.43. The largest absolute Gasteiger partial charge is 0.478 e. The minimum Gasteiger partial charge on any atom is -0.478 e. The molecule has 1 aromatic heterocycles. The predicted octanol–water partition coefficient (Wildman–Crippen LogP) is 5.87. The van der Waals surface area contributed by atoms with Gasteiger partial charge in [0.25, 0.3) is 0 Å². The molecule has 0 aliphatic rings. The molecule has 0 spiro atoms. The highest BCUT2D eigenvalue weighted by Gasteiger charge is 2.10. The van der Waals surface area contributed by atoms with E-state index in [2.05, 4.69) is 5.32 Å². The van der Waals surface area contributed by atoms with Gasteiger partial charge in [0.15, 0.2) is 0 Å². The Kier molecular flexibility index (Phi) is 5.02. The van der Waals surface area contributed by atoms with Gasteiger partial charge in [-0.2, -0.15) is 0 Å². The summed E-state index contributed by atoms with van der Waals surface area (Å²) in [7, 11) is 0. The third-order valence-corrected chi connectivity index (χ3v) is 4.52. The lowest BCUT2D eigenvalue weighted by Gasteiger charge is -2.07. The van der Waals surface area contributed by atoms with Crippen molar-refractivity contribution in [1.29, 1.82) is 0 Å². The zero-order valence-corrected chi connectivity index (χ0v) is 14.9. The van der Waals surface area contributed by atoms with Crippen LogP contribution in [0.15, 0.2) is 52.9 Å². The first kappa shape index (κ1) is 17.4. The summed E-state index contributed by atoms with van der Waals surface area (Å²) in [6.45, 7) is 2.36. The minimum atomic E-state index is -1.06. The molecule has 0 aliphatic carbocycles. The molecule has 0 saturated carbocycles. The molecule has 128 valence electrons. The van der Waals surface area contributed by atoms with Gasteiger partial charge in [-0.3, -0.25) is 0 Å². The van der Waals surface area contributed by atoms with Gasteiger partial charge in [0.05, 0.1) is 17.1 Å². The number of anilines is 1. The Morgan fingerprint density at radius 3 is 2.60 bits per heavy atom. The van der Waals surface area contributed by atoms with Gasteiger partial charge in [-0.1, -0.05) is 35.3 Å². The normalized spacial score (nSPS) is 10.7. The van der Waals surface area contributed by atoms with Gasteiger partial charge in [0.2, 0.25) is 0 Å². The maximum absolute atomic E-state index is 11.1. The highest BCUT2D eigenvalue weighted by molar-refractivity contribution is 6.33. The molecule has 0 radical (unpaired) electrons. The van der Waals surface area contributed by atoms with Gasteiger partial charge >= 0.3 is 5.97 Å². The molecule has 0 atom stereocenters. The van der Waals surface area contributed by atoms with E-state index < -0.39 is 5.97 Å². The van der Waals surface area contributed by atoms with Crippen LogP contribution in [0.1, 0.15) is 21.7 Å². The maximum Gasteiger partial charge on any atom is 0.337 e. The molecule has 3 rings (SSSR count). The van der Waals surface area contributed by atoms with Crippen molar-refractivity contribution in [3.8, 4) is 11.3 Å². The summed E-state index contributed by atoms with van der Waals surface area (Å²) in [5.74, 6) is 0.379. The van der Waals surface area contributed by atoms with E-state index in [0.29, 0.717) is 17.3 Å². The number of carbonyl (C=O) groups is 1. The zero-order chi connectivity index (χ0) is 18.0. The molecule has 0 fully saturated rings. The Labute approximate surface area is 155 Å². The number of aryl methyl sites for hydroxylation is 1. The average Bonchev–Trinajstić information content (AvgIpc) is 3.05. The Balaban J connectivity index is 1.73. The number of hydrogen-bond acceptors (Lipinski definition) is 3. The number of rotatable bonds is 5. The lowest BCUT2D eigenvalue weighted by atomic mass is 10.1. The summed E-state index contributed by atoms with van der Waals surface area (Å²) in [6, 6.07) is 14.3. The number of nitrogens with one attached hydrogen (secondary N) is 1. The van der Waals surface area contributed by atoms with Gasteiger partial charge < -0.3 is 14.8 Å². The molecule has 0 bridgehead atoms. The van der Waals surface area contributed by atoms with E-state index in [1.54, 1.807) is 12.1 Å². The number of carboxylic acid groups (broad SMARTS) is 1. The van der Waals surface area contributed by atoms with E-state index in [-0.39, 0.29) is 10.6 Å². The van der Waals surface area contributed by atoms with Crippen molar-refractivity contribution in [1.82, 2.24) is 0 Å². The zero-order valence-electron chi connectivity index (χ0n) is 13.3. The standard InChI is InChI=1S/C19H15Cl2NO3/c1-11-2-3-12(8-17(11)21)18-7-5-14(25-18)10-22-13-4-6-16(20)15(9-13)19(23)24/h2-9,22H,10H2,1H3,(H,23,24). The Morgan fingerprint density at radius 1 is 1.08 bits per heavy atom. The van der Waals surface area contributed by atoms with Crippen LogP contribution in [-0.2, 0) is 6.54 Å². The second-order valence-corrected chi connectivity index (χ2v) is 6.40. The topological polar surface area (TPSA) is 62.5 Å². The molecule has 6 heteroatoms. The predicted molar refractivity (Wildman–Crippen MR) is 99.6 cm³/mol. The second-order valence-electron chi connectivity index (χ2n) is 5.58. The highest BCUT2D eigenvalue weighted by Crippen LogP contribution is 2.27. The fourth-order valence-electron chi connectivity index (χ4n) is 2.36. The van der Waals surface area contributed by atoms with Gasteiger partial charge in [0.1, 0.15) is 11.5 Å². The van der Waals surface area contributed by atoms with Crippen molar-refractivity contribution in [3.63, 3.8) is 0 Å². The summed E-state index contributed by atoms with van der Waals surface area (Å²) in [5, 5.41) is 13.1. The van der Waals surface area contributed by atoms with Crippen molar-refractivity contribution >= 4 is 34.9 Å². The summed E-state index contributed by atoms with van der Waals surface area (Å²) >= 11 is 12.0. The van der Waals surface area contributed by atoms with E-state index in [1.165, 1.54) is 6.07 Å². The Morgan fingerprint density at radius 2 is 1.88 bits per heavy atom. The Bertz CT molecular complexity index is 934. The van der Waals surface area contributed by atoms with Crippen LogP contribution in [0.2, 0.25) is 10.0 Å². The lowest BCUT2D eigenvalue weighted by molar-refractivity contribution is 0.0697. The van der Waals surface area contributed by atoms with Gasteiger partial charge in [-0.15, -0.1) is 0 Å². The van der Waals surface area contributed by atoms with Crippen LogP contribution in [0.3, 0.4) is 0 Å². The summed E-state index contributed by atoms with van der Waals surface area (Å²) in [5.41, 5.74) is 2.62. The third-order valence-electron chi connectivity index (χ3n) is 3.78. The highest BCUT2D eigenvalue weighted by atomic mass is 35.5. The van der Waals surface area contributed by atoms with Gasteiger partial charge in [0, 0.05) is 16.3 Å². The molecule has 0 saturated heterocycles. The summed E-state index contributed by atoms with van der Waals surface area (Å²) in [4.78, 5) is 11.1. The number of carboxylic acids is 1. The molecule has 4 nitrogen and oxygen atoms in total. The van der Waals surface area contributed by atoms with Gasteiger partial charge in [-0.25, -0.2) is 4.79 Å². The SMILES string of the molecule is Cc1ccc(-c2ccc(CNc3ccc(Cl)c(C(=O)O)c3)o2)cc1Cl. The molecular weight excluding hydrogens is 361 g/mol. The number of halogens is 2. The number of hydrogen-bond donors (Lipinski definition) is 2. The van der Waals surface area contributed by atoms with Crippen molar-refractivity contribution in [2.45, 2.75) is 13.5 Å². The molecule has 3 aromatic rings. The van der Waals surface area contributed by atoms with Crippen LogP contribution < -0.4 is 5.32 Å². The molecule has 0 unspecified atom stereocenters. The van der Waals surface area contributed by atoms with Crippen LogP contribution in [0.5, 0.6) is 0 Å². The van der Waals surface area contributed by atoms with E-state index in [4.69, 9.17) is 32.7 Å². The lowest BCUT2D eigenvalue weighted by Crippen LogP contribution is -2.02. The first-order chi connectivity index (χ1) is 11.9. The average molecular weight is 376 g/mol. The fourth-order valence-corrected chi connectivity index (χ4v) is 2.74. The van der Waals surface area contributed by atoms with Crippen molar-refractivity contribution < 1.29 is 14.3 Å². The van der Waals surface area contributed by atoms with Crippen LogP contribution in [0.4, 0.5) is 5.69 Å². The number of aromatic carboxylic acids is 1. The molecule has 0 amide bonds. The summed E-state index contributed by atoms with van der Waals surface area (Å²) in [6.07, 6.45) is 0. The molecular formula is C19H15Cl2NO3. The van der Waals surface area contributed by atoms with Crippen molar-refractivity contribution in [3.05, 3.63) is 75.5 Å². The van der Waals surface area contributed by atoms with E-state index in [9.17, 15) is 4.79 Å². The maximum atomic E-state index is 11.1. The monoisotopic (exact) mass is 375 g/mol. The first-order valence-corrected chi connectivity index (χ1v) is 8.31. The fraction of sp³-hybridized carbons (Fsp3) is 0.105. The van der Waals surface area contributed by atoms with Gasteiger partial charge in [-0.05, 0) is 48.9 Å². The van der Waals surface area contributed by atoms with Crippen LogP contribution in [0.25, 0.3) is 11.3 Å². The molecule has 0 aliphatic heterocycles. The quantitative estimate of drug-likeness (QED) is 0.584. The third kappa shape index (κ3) is 3.98. The number of benzene rings is 2. The second kappa shape index (κ2) is 7.21. The molecule has 2 aromatic carbocycles. The minimum absolute atomic E-state index is 0.0566. The molecule has 25 heavy (non-hydrogen) atoms. The van der Waals surface area contributed by atoms with E-state index >= 15 is 0 Å². The van der Waals surface area contributed by atoms with Crippen LogP contribution in [0, 0.1) is 6.92 Å².